The molecule has 0 saturated carbocycles. The van der Waals surface area contributed by atoms with Gasteiger partial charge in [-0.05, 0) is 35.7 Å². The molecular weight excluding hydrogens is 404 g/mol. The van der Waals surface area contributed by atoms with Crippen molar-refractivity contribution in [3.05, 3.63) is 64.7 Å². The Morgan fingerprint density at radius 2 is 1.77 bits per heavy atom. The largest absolute Gasteiger partial charge is 0.496 e. The number of ether oxygens (including phenoxy) is 2. The summed E-state index contributed by atoms with van der Waals surface area (Å²) in [6, 6.07) is 14.5. The Morgan fingerprint density at radius 3 is 2.43 bits per heavy atom. The SMILES string of the molecule is COC(=O)C(c1cccc(Cl)c1)N1CCN(C(=O)CCc2ccccc2OC)CC1. The third-order valence-electron chi connectivity index (χ3n) is 5.42. The lowest BCUT2D eigenvalue weighted by Gasteiger charge is -2.38. The van der Waals surface area contributed by atoms with Gasteiger partial charge in [-0.15, -0.1) is 0 Å². The zero-order valence-electron chi connectivity index (χ0n) is 17.3. The zero-order chi connectivity index (χ0) is 21.5. The van der Waals surface area contributed by atoms with Gasteiger partial charge in [-0.25, -0.2) is 4.79 Å². The second-order valence-corrected chi connectivity index (χ2v) is 7.65. The number of carbonyl (C=O) groups excluding carboxylic acids is 2. The van der Waals surface area contributed by atoms with Crippen molar-refractivity contribution in [2.45, 2.75) is 18.9 Å². The number of nitrogens with zero attached hydrogens (tertiary/aromatic N) is 2. The molecule has 30 heavy (non-hydrogen) atoms. The van der Waals surface area contributed by atoms with Gasteiger partial charge in [0, 0.05) is 37.6 Å². The molecule has 0 radical (unpaired) electrons. The minimum absolute atomic E-state index is 0.109. The molecule has 1 fully saturated rings. The van der Waals surface area contributed by atoms with Crippen LogP contribution < -0.4 is 4.74 Å². The molecule has 1 amide bonds. The van der Waals surface area contributed by atoms with Crippen molar-refractivity contribution in [1.29, 1.82) is 0 Å². The van der Waals surface area contributed by atoms with Crippen LogP contribution in [0.15, 0.2) is 48.5 Å². The second-order valence-electron chi connectivity index (χ2n) is 7.21. The number of rotatable bonds is 7. The molecule has 0 spiro atoms. The van der Waals surface area contributed by atoms with Crippen LogP contribution in [0.4, 0.5) is 0 Å². The number of methoxy groups -OCH3 is 2. The number of hydrogen-bond acceptors (Lipinski definition) is 5. The van der Waals surface area contributed by atoms with Gasteiger partial charge in [0.05, 0.1) is 14.2 Å². The number of hydrogen-bond donors (Lipinski definition) is 0. The summed E-state index contributed by atoms with van der Waals surface area (Å²) in [7, 11) is 3.02. The van der Waals surface area contributed by atoms with E-state index in [2.05, 4.69) is 0 Å². The van der Waals surface area contributed by atoms with Crippen molar-refractivity contribution in [1.82, 2.24) is 9.80 Å². The second kappa shape index (κ2) is 10.5. The Hall–Kier alpha value is -2.57. The van der Waals surface area contributed by atoms with Crippen LogP contribution in [0.5, 0.6) is 5.75 Å². The molecule has 0 bridgehead atoms. The maximum Gasteiger partial charge on any atom is 0.327 e. The summed E-state index contributed by atoms with van der Waals surface area (Å²) < 4.78 is 10.4. The van der Waals surface area contributed by atoms with Crippen LogP contribution in [0.1, 0.15) is 23.6 Å². The first-order valence-corrected chi connectivity index (χ1v) is 10.4. The summed E-state index contributed by atoms with van der Waals surface area (Å²) in [5.41, 5.74) is 1.82. The smallest absolute Gasteiger partial charge is 0.327 e. The van der Waals surface area contributed by atoms with Crippen LogP contribution in [0.2, 0.25) is 5.02 Å². The summed E-state index contributed by atoms with van der Waals surface area (Å²) in [4.78, 5) is 29.1. The van der Waals surface area contributed by atoms with Crippen molar-refractivity contribution in [2.24, 2.45) is 0 Å². The number of amides is 1. The highest BCUT2D eigenvalue weighted by molar-refractivity contribution is 6.30. The molecule has 1 atom stereocenters. The lowest BCUT2D eigenvalue weighted by Crippen LogP contribution is -2.51. The fraction of sp³-hybridized carbons (Fsp3) is 0.391. The Bertz CT molecular complexity index is 881. The summed E-state index contributed by atoms with van der Waals surface area (Å²) in [5.74, 6) is 0.587. The van der Waals surface area contributed by atoms with E-state index in [4.69, 9.17) is 21.1 Å². The first-order chi connectivity index (χ1) is 14.5. The van der Waals surface area contributed by atoms with E-state index in [1.807, 2.05) is 46.2 Å². The molecular formula is C23H27ClN2O4. The van der Waals surface area contributed by atoms with E-state index in [9.17, 15) is 9.59 Å². The third kappa shape index (κ3) is 5.32. The zero-order valence-corrected chi connectivity index (χ0v) is 18.1. The molecule has 1 aliphatic heterocycles. The summed E-state index contributed by atoms with van der Waals surface area (Å²) in [6.07, 6.45) is 1.06. The van der Waals surface area contributed by atoms with Gasteiger partial charge >= 0.3 is 5.97 Å². The van der Waals surface area contributed by atoms with Gasteiger partial charge in [0.1, 0.15) is 11.8 Å². The number of para-hydroxylation sites is 1. The van der Waals surface area contributed by atoms with Crippen LogP contribution >= 0.6 is 11.6 Å². The molecule has 3 rings (SSSR count). The third-order valence-corrected chi connectivity index (χ3v) is 5.66. The van der Waals surface area contributed by atoms with Gasteiger partial charge in [-0.1, -0.05) is 41.9 Å². The minimum Gasteiger partial charge on any atom is -0.496 e. The lowest BCUT2D eigenvalue weighted by molar-refractivity contribution is -0.148. The highest BCUT2D eigenvalue weighted by atomic mass is 35.5. The first-order valence-electron chi connectivity index (χ1n) is 10.0. The highest BCUT2D eigenvalue weighted by Gasteiger charge is 2.32. The van der Waals surface area contributed by atoms with E-state index < -0.39 is 6.04 Å². The Morgan fingerprint density at radius 1 is 1.03 bits per heavy atom. The topological polar surface area (TPSA) is 59.1 Å². The van der Waals surface area contributed by atoms with Crippen LogP contribution in [-0.4, -0.2) is 62.1 Å². The molecule has 0 N–H and O–H groups in total. The van der Waals surface area contributed by atoms with E-state index in [1.54, 1.807) is 19.2 Å². The number of esters is 1. The van der Waals surface area contributed by atoms with Gasteiger partial charge < -0.3 is 14.4 Å². The number of carbonyl (C=O) groups is 2. The fourth-order valence-electron chi connectivity index (χ4n) is 3.82. The molecule has 1 aliphatic rings. The Balaban J connectivity index is 1.59. The Kier molecular flexibility index (Phi) is 7.71. The molecule has 0 aliphatic carbocycles. The molecule has 1 heterocycles. The number of piperazine rings is 1. The quantitative estimate of drug-likeness (QED) is 0.630. The molecule has 1 unspecified atom stereocenters. The van der Waals surface area contributed by atoms with E-state index in [1.165, 1.54) is 7.11 Å². The fourth-order valence-corrected chi connectivity index (χ4v) is 4.02. The molecule has 0 aromatic heterocycles. The summed E-state index contributed by atoms with van der Waals surface area (Å²) in [5, 5.41) is 0.576. The number of aryl methyl sites for hydroxylation is 1. The predicted molar refractivity (Wildman–Crippen MR) is 116 cm³/mol. The van der Waals surface area contributed by atoms with E-state index >= 15 is 0 Å². The van der Waals surface area contributed by atoms with Gasteiger partial charge in [0.15, 0.2) is 0 Å². The first kappa shape index (κ1) is 22.1. The van der Waals surface area contributed by atoms with Gasteiger partial charge in [0.25, 0.3) is 0 Å². The molecule has 2 aromatic carbocycles. The van der Waals surface area contributed by atoms with Gasteiger partial charge in [-0.2, -0.15) is 0 Å². The highest BCUT2D eigenvalue weighted by Crippen LogP contribution is 2.26. The van der Waals surface area contributed by atoms with Gasteiger partial charge in [0.2, 0.25) is 5.91 Å². The van der Waals surface area contributed by atoms with Crippen molar-refractivity contribution >= 4 is 23.5 Å². The molecule has 6 nitrogen and oxygen atoms in total. The lowest BCUT2D eigenvalue weighted by atomic mass is 10.0. The Labute approximate surface area is 182 Å². The van der Waals surface area contributed by atoms with Crippen molar-refractivity contribution in [3.63, 3.8) is 0 Å². The maximum atomic E-state index is 12.7. The van der Waals surface area contributed by atoms with E-state index in [-0.39, 0.29) is 11.9 Å². The molecule has 7 heteroatoms. The standard InChI is InChI=1S/C23H27ClN2O4/c1-29-20-9-4-3-6-17(20)10-11-21(27)25-12-14-26(15-13-25)22(23(28)30-2)18-7-5-8-19(24)16-18/h3-9,16,22H,10-15H2,1-2H3. The minimum atomic E-state index is -0.528. The maximum absolute atomic E-state index is 12.7. The average molecular weight is 431 g/mol. The molecule has 2 aromatic rings. The number of halogens is 1. The van der Waals surface area contributed by atoms with Crippen LogP contribution in [0, 0.1) is 0 Å². The van der Waals surface area contributed by atoms with Crippen molar-refractivity contribution in [2.75, 3.05) is 40.4 Å². The van der Waals surface area contributed by atoms with E-state index in [0.29, 0.717) is 44.0 Å². The van der Waals surface area contributed by atoms with Crippen molar-refractivity contribution in [3.8, 4) is 5.75 Å². The average Bonchev–Trinajstić information content (AvgIpc) is 2.78. The summed E-state index contributed by atoms with van der Waals surface area (Å²) >= 11 is 6.11. The molecule has 1 saturated heterocycles. The van der Waals surface area contributed by atoms with Crippen LogP contribution in [-0.2, 0) is 20.7 Å². The molecule has 160 valence electrons. The van der Waals surface area contributed by atoms with Crippen LogP contribution in [0.3, 0.4) is 0 Å². The van der Waals surface area contributed by atoms with Gasteiger partial charge in [-0.3, -0.25) is 9.69 Å². The van der Waals surface area contributed by atoms with Crippen molar-refractivity contribution < 1.29 is 19.1 Å². The normalized spacial score (nSPS) is 15.5. The van der Waals surface area contributed by atoms with E-state index in [0.717, 1.165) is 16.9 Å². The van der Waals surface area contributed by atoms with Crippen LogP contribution in [0.25, 0.3) is 0 Å². The summed E-state index contributed by atoms with van der Waals surface area (Å²) in [6.45, 7) is 2.32. The number of benzene rings is 2. The monoisotopic (exact) mass is 430 g/mol. The predicted octanol–water partition coefficient (Wildman–Crippen LogP) is 3.34.